The van der Waals surface area contributed by atoms with Gasteiger partial charge in [0.25, 0.3) is 0 Å². The Morgan fingerprint density at radius 2 is 1.57 bits per heavy atom. The van der Waals surface area contributed by atoms with E-state index in [1.54, 1.807) is 18.2 Å². The van der Waals surface area contributed by atoms with E-state index in [0.29, 0.717) is 11.6 Å². The van der Waals surface area contributed by atoms with Gasteiger partial charge in [-0.05, 0) is 35.9 Å². The molecule has 2 heterocycles. The Kier molecular flexibility index (Phi) is 7.08. The summed E-state index contributed by atoms with van der Waals surface area (Å²) in [4.78, 5) is 2.89. The van der Waals surface area contributed by atoms with Gasteiger partial charge in [0.1, 0.15) is 11.6 Å². The van der Waals surface area contributed by atoms with Crippen LogP contribution in [0.4, 0.5) is 4.39 Å². The summed E-state index contributed by atoms with van der Waals surface area (Å²) in [5.74, 6) is -0.0285. The van der Waals surface area contributed by atoms with Crippen LogP contribution in [0.1, 0.15) is 5.56 Å². The molecule has 5 aromatic rings. The Hall–Kier alpha value is -2.89. The topological polar surface area (TPSA) is 39.3 Å². The van der Waals surface area contributed by atoms with E-state index in [-0.39, 0.29) is 28.5 Å². The number of aromatic nitrogens is 2. The minimum absolute atomic E-state index is 0. The van der Waals surface area contributed by atoms with E-state index < -0.39 is 0 Å². The Morgan fingerprint density at radius 1 is 0.867 bits per heavy atom. The zero-order chi connectivity index (χ0) is 20.2. The van der Waals surface area contributed by atoms with E-state index in [1.807, 2.05) is 60.9 Å². The number of hydrogen-bond acceptors (Lipinski definition) is 1. The Balaban J connectivity index is 0.000000317. The normalized spacial score (nSPS) is 10.3. The first-order chi connectivity index (χ1) is 14.1. The molecule has 2 aromatic heterocycles. The molecule has 2 N–H and O–H groups in total. The number of H-pyrrole nitrogens is 1. The summed E-state index contributed by atoms with van der Waals surface area (Å²) >= 11 is 6.41. The molecule has 0 atom stereocenters. The standard InChI is InChI=1S/C19H13ClFNO.C5H5N.BrH/c20-15-4-1-3-14-18-16(5-2-6-17(18)23)22(19(14)15)11-12-7-9-13(21)10-8-12;1-2-4-6-5-3-1;/h1-10,23H,11H2;1-5H;1H. The van der Waals surface area contributed by atoms with Gasteiger partial charge in [0.15, 0.2) is 12.4 Å². The fourth-order valence-electron chi connectivity index (χ4n) is 3.42. The largest absolute Gasteiger partial charge is 1.00 e. The van der Waals surface area contributed by atoms with Crippen molar-refractivity contribution in [2.75, 3.05) is 0 Å². The minimum atomic E-state index is -0.258. The molecule has 0 radical (unpaired) electrons. The maximum absolute atomic E-state index is 13.1. The van der Waals surface area contributed by atoms with Crippen LogP contribution >= 0.6 is 11.6 Å². The molecule has 0 aliphatic heterocycles. The number of hydrogen-bond donors (Lipinski definition) is 1. The summed E-state index contributed by atoms with van der Waals surface area (Å²) in [6.07, 6.45) is 3.75. The van der Waals surface area contributed by atoms with E-state index >= 15 is 0 Å². The van der Waals surface area contributed by atoms with Gasteiger partial charge in [-0.3, -0.25) is 0 Å². The van der Waals surface area contributed by atoms with Crippen LogP contribution < -0.4 is 22.0 Å². The lowest BCUT2D eigenvalue weighted by Gasteiger charge is -2.09. The summed E-state index contributed by atoms with van der Waals surface area (Å²) < 4.78 is 15.2. The first kappa shape index (κ1) is 21.8. The van der Waals surface area contributed by atoms with Crippen molar-refractivity contribution in [1.82, 2.24) is 4.57 Å². The number of phenolic OH excluding ortho intramolecular Hbond substituents is 1. The van der Waals surface area contributed by atoms with Crippen LogP contribution in [0.5, 0.6) is 5.75 Å². The molecule has 0 saturated carbocycles. The number of nitrogens with zero attached hydrogens (tertiary/aromatic N) is 1. The quantitative estimate of drug-likeness (QED) is 0.410. The summed E-state index contributed by atoms with van der Waals surface area (Å²) in [6, 6.07) is 23.4. The van der Waals surface area contributed by atoms with Crippen molar-refractivity contribution in [2.45, 2.75) is 6.54 Å². The van der Waals surface area contributed by atoms with Crippen molar-refractivity contribution in [3.05, 3.63) is 108 Å². The van der Waals surface area contributed by atoms with Gasteiger partial charge in [-0.25, -0.2) is 9.37 Å². The average Bonchev–Trinajstić information content (AvgIpc) is 3.07. The SMILES string of the molecule is Oc1cccc2c1c1cccc(Cl)c1n2Cc1ccc(F)cc1.[Br-].c1cc[nH+]cc1. The monoisotopic (exact) mass is 484 g/mol. The van der Waals surface area contributed by atoms with Gasteiger partial charge in [0.2, 0.25) is 0 Å². The number of aromatic hydroxyl groups is 1. The fourth-order valence-corrected chi connectivity index (χ4v) is 3.70. The van der Waals surface area contributed by atoms with E-state index in [2.05, 4.69) is 9.55 Å². The molecule has 0 amide bonds. The second kappa shape index (κ2) is 9.74. The number of halogens is 3. The molecule has 0 fully saturated rings. The van der Waals surface area contributed by atoms with Crippen LogP contribution in [-0.2, 0) is 6.54 Å². The van der Waals surface area contributed by atoms with Gasteiger partial charge in [-0.1, -0.05) is 48.0 Å². The van der Waals surface area contributed by atoms with Gasteiger partial charge in [-0.2, -0.15) is 0 Å². The van der Waals surface area contributed by atoms with E-state index in [1.165, 1.54) is 12.1 Å². The minimum Gasteiger partial charge on any atom is -1.00 e. The molecule has 0 aliphatic rings. The van der Waals surface area contributed by atoms with Crippen molar-refractivity contribution >= 4 is 33.4 Å². The summed E-state index contributed by atoms with van der Waals surface area (Å²) in [7, 11) is 0. The van der Waals surface area contributed by atoms with Crippen LogP contribution in [0, 0.1) is 5.82 Å². The molecule has 0 unspecified atom stereocenters. The fraction of sp³-hybridized carbons (Fsp3) is 0.0417. The lowest BCUT2D eigenvalue weighted by atomic mass is 10.1. The molecule has 6 heteroatoms. The van der Waals surface area contributed by atoms with Crippen molar-refractivity contribution < 1.29 is 31.5 Å². The zero-order valence-corrected chi connectivity index (χ0v) is 18.2. The predicted octanol–water partition coefficient (Wildman–Crippen LogP) is 2.85. The maximum atomic E-state index is 13.1. The second-order valence-electron chi connectivity index (χ2n) is 6.60. The van der Waals surface area contributed by atoms with Crippen LogP contribution in [0.15, 0.2) is 91.3 Å². The van der Waals surface area contributed by atoms with Gasteiger partial charge in [-0.15, -0.1) is 0 Å². The molecule has 3 nitrogen and oxygen atoms in total. The summed E-state index contributed by atoms with van der Waals surface area (Å²) in [5, 5.41) is 12.6. The number of rotatable bonds is 2. The summed E-state index contributed by atoms with van der Waals surface area (Å²) in [5.41, 5.74) is 2.74. The van der Waals surface area contributed by atoms with Crippen LogP contribution in [0.2, 0.25) is 5.02 Å². The first-order valence-corrected chi connectivity index (χ1v) is 9.57. The number of benzene rings is 3. The molecule has 0 aliphatic carbocycles. The molecule has 0 spiro atoms. The third-order valence-electron chi connectivity index (χ3n) is 4.70. The number of phenols is 1. The highest BCUT2D eigenvalue weighted by Crippen LogP contribution is 2.38. The predicted molar refractivity (Wildman–Crippen MR) is 115 cm³/mol. The maximum Gasteiger partial charge on any atom is 0.166 e. The molecule has 3 aromatic carbocycles. The smallest absolute Gasteiger partial charge is 0.166 e. The lowest BCUT2D eigenvalue weighted by Crippen LogP contribution is -3.00. The van der Waals surface area contributed by atoms with Crippen LogP contribution in [0.3, 0.4) is 0 Å². The molecular formula is C24H19BrClFN2O. The Morgan fingerprint density at radius 3 is 2.20 bits per heavy atom. The number of fused-ring (bicyclic) bond motifs is 3. The third kappa shape index (κ3) is 4.48. The highest BCUT2D eigenvalue weighted by molar-refractivity contribution is 6.36. The van der Waals surface area contributed by atoms with Crippen molar-refractivity contribution in [2.24, 2.45) is 0 Å². The highest BCUT2D eigenvalue weighted by atomic mass is 79.9. The Labute approximate surface area is 189 Å². The molecule has 0 saturated heterocycles. The van der Waals surface area contributed by atoms with Gasteiger partial charge in [0.05, 0.1) is 16.1 Å². The number of nitrogens with one attached hydrogen (secondary N) is 1. The number of aromatic amines is 1. The van der Waals surface area contributed by atoms with Crippen molar-refractivity contribution in [1.29, 1.82) is 0 Å². The van der Waals surface area contributed by atoms with Crippen molar-refractivity contribution in [3.63, 3.8) is 0 Å². The van der Waals surface area contributed by atoms with Gasteiger partial charge < -0.3 is 26.7 Å². The highest BCUT2D eigenvalue weighted by Gasteiger charge is 2.15. The zero-order valence-electron chi connectivity index (χ0n) is 15.9. The van der Waals surface area contributed by atoms with Gasteiger partial charge in [0, 0.05) is 29.4 Å². The molecule has 0 bridgehead atoms. The number of para-hydroxylation sites is 1. The van der Waals surface area contributed by atoms with Gasteiger partial charge >= 0.3 is 0 Å². The van der Waals surface area contributed by atoms with Crippen molar-refractivity contribution in [3.8, 4) is 5.75 Å². The van der Waals surface area contributed by atoms with E-state index in [4.69, 9.17) is 11.6 Å². The molecular weight excluding hydrogens is 467 g/mol. The molecule has 152 valence electrons. The lowest BCUT2D eigenvalue weighted by molar-refractivity contribution is -0.377. The molecule has 5 rings (SSSR count). The van der Waals surface area contributed by atoms with E-state index in [9.17, 15) is 9.50 Å². The first-order valence-electron chi connectivity index (χ1n) is 9.19. The third-order valence-corrected chi connectivity index (χ3v) is 5.00. The molecule has 30 heavy (non-hydrogen) atoms. The summed E-state index contributed by atoms with van der Waals surface area (Å²) in [6.45, 7) is 0.549. The van der Waals surface area contributed by atoms with Crippen LogP contribution in [-0.4, -0.2) is 9.67 Å². The average molecular weight is 486 g/mol. The Bertz CT molecular complexity index is 1230. The van der Waals surface area contributed by atoms with E-state index in [0.717, 1.165) is 27.4 Å². The van der Waals surface area contributed by atoms with Crippen LogP contribution in [0.25, 0.3) is 21.8 Å². The second-order valence-corrected chi connectivity index (χ2v) is 7.00. The number of pyridine rings is 1.